The lowest BCUT2D eigenvalue weighted by Crippen LogP contribution is -2.51. The van der Waals surface area contributed by atoms with Gasteiger partial charge in [-0.15, -0.1) is 0 Å². The van der Waals surface area contributed by atoms with Gasteiger partial charge in [0.1, 0.15) is 12.1 Å². The monoisotopic (exact) mass is 311 g/mol. The van der Waals surface area contributed by atoms with E-state index in [2.05, 4.69) is 10.1 Å². The predicted molar refractivity (Wildman–Crippen MR) is 75.1 cm³/mol. The molecule has 0 aromatic heterocycles. The van der Waals surface area contributed by atoms with E-state index in [1.165, 1.54) is 18.9 Å². The standard InChI is InChI=1S/C14H21N3O5/c1-8(6-15)4-11(14(21)22-3)16-13(20)12-5-10(19)7-17(12)9(2)18/h8,10-12,19H,4-5,7H2,1-3H3,(H,16,20)/t8-,10-,11+,12+/m1/s1. The highest BCUT2D eigenvalue weighted by Crippen LogP contribution is 2.19. The van der Waals surface area contributed by atoms with Crippen LogP contribution in [0.4, 0.5) is 0 Å². The van der Waals surface area contributed by atoms with Crippen LogP contribution in [0.25, 0.3) is 0 Å². The van der Waals surface area contributed by atoms with Crippen LogP contribution in [0.3, 0.4) is 0 Å². The molecule has 1 fully saturated rings. The van der Waals surface area contributed by atoms with E-state index >= 15 is 0 Å². The number of nitrogens with zero attached hydrogens (tertiary/aromatic N) is 2. The van der Waals surface area contributed by atoms with Crippen LogP contribution >= 0.6 is 0 Å². The van der Waals surface area contributed by atoms with Crippen molar-refractivity contribution in [2.75, 3.05) is 13.7 Å². The van der Waals surface area contributed by atoms with E-state index in [0.29, 0.717) is 0 Å². The van der Waals surface area contributed by atoms with Gasteiger partial charge in [0.2, 0.25) is 11.8 Å². The third-order valence-electron chi connectivity index (χ3n) is 3.60. The number of aliphatic hydroxyl groups is 1. The molecule has 2 N–H and O–H groups in total. The van der Waals surface area contributed by atoms with Crippen LogP contribution < -0.4 is 5.32 Å². The molecule has 1 saturated heterocycles. The number of rotatable bonds is 5. The van der Waals surface area contributed by atoms with Crippen LogP contribution in [0, 0.1) is 17.2 Å². The molecular formula is C14H21N3O5. The maximum absolute atomic E-state index is 12.3. The third kappa shape index (κ3) is 4.43. The number of β-amino-alcohol motifs (C(OH)–C–C–N with tert-alkyl or cyclic N) is 1. The van der Waals surface area contributed by atoms with Gasteiger partial charge in [-0.3, -0.25) is 9.59 Å². The molecule has 1 aliphatic rings. The highest BCUT2D eigenvalue weighted by molar-refractivity contribution is 5.90. The van der Waals surface area contributed by atoms with Crippen molar-refractivity contribution in [1.82, 2.24) is 10.2 Å². The van der Waals surface area contributed by atoms with E-state index in [4.69, 9.17) is 5.26 Å². The number of amides is 2. The van der Waals surface area contributed by atoms with Gasteiger partial charge in [0.15, 0.2) is 0 Å². The summed E-state index contributed by atoms with van der Waals surface area (Å²) < 4.78 is 4.62. The van der Waals surface area contributed by atoms with Crippen molar-refractivity contribution < 1.29 is 24.2 Å². The largest absolute Gasteiger partial charge is 0.467 e. The number of esters is 1. The molecule has 0 aromatic rings. The average Bonchev–Trinajstić information content (AvgIpc) is 2.87. The Morgan fingerprint density at radius 2 is 2.14 bits per heavy atom. The minimum Gasteiger partial charge on any atom is -0.467 e. The van der Waals surface area contributed by atoms with Crippen LogP contribution in [-0.4, -0.2) is 59.6 Å². The summed E-state index contributed by atoms with van der Waals surface area (Å²) in [7, 11) is 1.19. The molecule has 4 atom stereocenters. The molecule has 122 valence electrons. The maximum atomic E-state index is 12.3. The summed E-state index contributed by atoms with van der Waals surface area (Å²) in [5.74, 6) is -1.95. The Bertz CT molecular complexity index is 487. The predicted octanol–water partition coefficient (Wildman–Crippen LogP) is -0.824. The fourth-order valence-corrected chi connectivity index (χ4v) is 2.44. The van der Waals surface area contributed by atoms with E-state index in [0.717, 1.165) is 0 Å². The number of methoxy groups -OCH3 is 1. The molecule has 0 saturated carbocycles. The first-order chi connectivity index (χ1) is 10.3. The Balaban J connectivity index is 2.79. The van der Waals surface area contributed by atoms with Gasteiger partial charge >= 0.3 is 5.97 Å². The van der Waals surface area contributed by atoms with Crippen molar-refractivity contribution in [3.63, 3.8) is 0 Å². The topological polar surface area (TPSA) is 120 Å². The fourth-order valence-electron chi connectivity index (χ4n) is 2.44. The summed E-state index contributed by atoms with van der Waals surface area (Å²) in [5.41, 5.74) is 0. The molecule has 1 heterocycles. The Morgan fingerprint density at radius 3 is 2.64 bits per heavy atom. The number of likely N-dealkylation sites (tertiary alicyclic amines) is 1. The van der Waals surface area contributed by atoms with E-state index in [9.17, 15) is 19.5 Å². The second-order valence-corrected chi connectivity index (χ2v) is 5.43. The second kappa shape index (κ2) is 7.75. The number of ether oxygens (including phenoxy) is 1. The van der Waals surface area contributed by atoms with Gasteiger partial charge in [0, 0.05) is 25.8 Å². The lowest BCUT2D eigenvalue weighted by molar-refractivity contribution is -0.146. The first kappa shape index (κ1) is 17.9. The molecule has 1 aliphatic heterocycles. The van der Waals surface area contributed by atoms with Gasteiger partial charge in [0.25, 0.3) is 0 Å². The Labute approximate surface area is 129 Å². The molecule has 8 nitrogen and oxygen atoms in total. The van der Waals surface area contributed by atoms with Gasteiger partial charge in [-0.1, -0.05) is 0 Å². The van der Waals surface area contributed by atoms with Crippen molar-refractivity contribution in [1.29, 1.82) is 5.26 Å². The Kier molecular flexibility index (Phi) is 6.31. The van der Waals surface area contributed by atoms with Gasteiger partial charge in [-0.25, -0.2) is 4.79 Å². The van der Waals surface area contributed by atoms with Crippen LogP contribution in [-0.2, 0) is 19.1 Å². The van der Waals surface area contributed by atoms with Crippen molar-refractivity contribution in [3.8, 4) is 6.07 Å². The highest BCUT2D eigenvalue weighted by Gasteiger charge is 2.39. The van der Waals surface area contributed by atoms with Gasteiger partial charge in [-0.05, 0) is 13.3 Å². The van der Waals surface area contributed by atoms with Crippen molar-refractivity contribution >= 4 is 17.8 Å². The van der Waals surface area contributed by atoms with Crippen molar-refractivity contribution in [2.24, 2.45) is 5.92 Å². The maximum Gasteiger partial charge on any atom is 0.328 e. The molecule has 0 bridgehead atoms. The zero-order valence-corrected chi connectivity index (χ0v) is 12.9. The number of hydrogen-bond acceptors (Lipinski definition) is 6. The van der Waals surface area contributed by atoms with Crippen molar-refractivity contribution in [2.45, 2.75) is 44.9 Å². The molecule has 0 radical (unpaired) electrons. The van der Waals surface area contributed by atoms with Gasteiger partial charge in [-0.2, -0.15) is 5.26 Å². The SMILES string of the molecule is COC(=O)[C@H](C[C@@H](C)C#N)NC(=O)[C@@H]1C[C@@H](O)CN1C(C)=O. The van der Waals surface area contributed by atoms with E-state index in [1.54, 1.807) is 6.92 Å². The minimum atomic E-state index is -0.960. The van der Waals surface area contributed by atoms with E-state index < -0.39 is 36.0 Å². The summed E-state index contributed by atoms with van der Waals surface area (Å²) >= 11 is 0. The molecule has 1 rings (SSSR count). The zero-order chi connectivity index (χ0) is 16.9. The summed E-state index contributed by atoms with van der Waals surface area (Å²) in [6.45, 7) is 3.03. The van der Waals surface area contributed by atoms with Crippen LogP contribution in [0.15, 0.2) is 0 Å². The van der Waals surface area contributed by atoms with Crippen molar-refractivity contribution in [3.05, 3.63) is 0 Å². The molecule has 22 heavy (non-hydrogen) atoms. The third-order valence-corrected chi connectivity index (χ3v) is 3.60. The highest BCUT2D eigenvalue weighted by atomic mass is 16.5. The van der Waals surface area contributed by atoms with E-state index in [-0.39, 0.29) is 25.3 Å². The fraction of sp³-hybridized carbons (Fsp3) is 0.714. The van der Waals surface area contributed by atoms with Gasteiger partial charge < -0.3 is 20.1 Å². The zero-order valence-electron chi connectivity index (χ0n) is 12.9. The number of carbonyl (C=O) groups is 3. The molecular weight excluding hydrogens is 290 g/mol. The molecule has 8 heteroatoms. The quantitative estimate of drug-likeness (QED) is 0.640. The molecule has 0 aromatic carbocycles. The lowest BCUT2D eigenvalue weighted by atomic mass is 10.0. The smallest absolute Gasteiger partial charge is 0.328 e. The molecule has 0 aliphatic carbocycles. The molecule has 0 unspecified atom stereocenters. The number of aliphatic hydroxyl groups excluding tert-OH is 1. The molecule has 0 spiro atoms. The first-order valence-electron chi connectivity index (χ1n) is 7.03. The summed E-state index contributed by atoms with van der Waals surface area (Å²) in [4.78, 5) is 36.8. The van der Waals surface area contributed by atoms with Crippen LogP contribution in [0.2, 0.25) is 0 Å². The average molecular weight is 311 g/mol. The Hall–Kier alpha value is -2.14. The van der Waals surface area contributed by atoms with E-state index in [1.807, 2.05) is 6.07 Å². The lowest BCUT2D eigenvalue weighted by Gasteiger charge is -2.24. The summed E-state index contributed by atoms with van der Waals surface area (Å²) in [6, 6.07) is 0.206. The normalized spacial score (nSPS) is 23.3. The minimum absolute atomic E-state index is 0.0882. The number of carbonyl (C=O) groups excluding carboxylic acids is 3. The van der Waals surface area contributed by atoms with Crippen LogP contribution in [0.5, 0.6) is 0 Å². The summed E-state index contributed by atoms with van der Waals surface area (Å²) in [6.07, 6.45) is -0.536. The molecule has 2 amide bonds. The number of hydrogen-bond donors (Lipinski definition) is 2. The second-order valence-electron chi connectivity index (χ2n) is 5.43. The Morgan fingerprint density at radius 1 is 1.50 bits per heavy atom. The number of nitrogens with one attached hydrogen (secondary N) is 1. The van der Waals surface area contributed by atoms with Gasteiger partial charge in [0.05, 0.1) is 19.3 Å². The number of nitriles is 1. The van der Waals surface area contributed by atoms with Crippen LogP contribution in [0.1, 0.15) is 26.7 Å². The first-order valence-corrected chi connectivity index (χ1v) is 7.03. The summed E-state index contributed by atoms with van der Waals surface area (Å²) in [5, 5.41) is 21.0.